The minimum absolute atomic E-state index is 0.0994. The fourth-order valence-electron chi connectivity index (χ4n) is 3.25. The molecule has 1 fully saturated rings. The second-order valence-corrected chi connectivity index (χ2v) is 8.48. The van der Waals surface area contributed by atoms with Gasteiger partial charge in [0.1, 0.15) is 0 Å². The quantitative estimate of drug-likeness (QED) is 0.825. The van der Waals surface area contributed by atoms with Crippen LogP contribution in [0.1, 0.15) is 36.0 Å². The highest BCUT2D eigenvalue weighted by Crippen LogP contribution is 2.27. The number of hydrogen-bond acceptors (Lipinski definition) is 3. The summed E-state index contributed by atoms with van der Waals surface area (Å²) in [4.78, 5) is 15.1. The average molecular weight is 372 g/mol. The number of benzene rings is 2. The van der Waals surface area contributed by atoms with Crippen molar-refractivity contribution in [2.24, 2.45) is 0 Å². The molecule has 0 N–H and O–H groups in total. The smallest absolute Gasteiger partial charge is 0.264 e. The molecule has 0 atom stereocenters. The lowest BCUT2D eigenvalue weighted by Crippen LogP contribution is -2.34. The first-order valence-corrected chi connectivity index (χ1v) is 10.4. The van der Waals surface area contributed by atoms with Gasteiger partial charge in [0.15, 0.2) is 0 Å². The van der Waals surface area contributed by atoms with E-state index in [1.165, 1.54) is 11.4 Å². The Balaban J connectivity index is 1.95. The van der Waals surface area contributed by atoms with Gasteiger partial charge in [-0.2, -0.15) is 0 Å². The second kappa shape index (κ2) is 7.91. The summed E-state index contributed by atoms with van der Waals surface area (Å²) in [6, 6.07) is 15.2. The number of nitrogens with zero attached hydrogens (tertiary/aromatic N) is 2. The predicted octanol–water partition coefficient (Wildman–Crippen LogP) is 3.53. The van der Waals surface area contributed by atoms with Crippen LogP contribution < -0.4 is 4.31 Å². The molecule has 0 bridgehead atoms. The van der Waals surface area contributed by atoms with Crippen LogP contribution >= 0.6 is 0 Å². The van der Waals surface area contributed by atoms with Crippen molar-refractivity contribution in [1.82, 2.24) is 4.90 Å². The van der Waals surface area contributed by atoms with E-state index in [0.717, 1.165) is 38.8 Å². The Bertz CT molecular complexity index is 858. The third-order valence-corrected chi connectivity index (χ3v) is 6.55. The molecule has 26 heavy (non-hydrogen) atoms. The van der Waals surface area contributed by atoms with Crippen molar-refractivity contribution in [3.8, 4) is 0 Å². The Morgan fingerprint density at radius 1 is 0.885 bits per heavy atom. The van der Waals surface area contributed by atoms with E-state index in [2.05, 4.69) is 0 Å². The number of carbonyl (C=O) groups excluding carboxylic acids is 1. The van der Waals surface area contributed by atoms with Gasteiger partial charge in [-0.15, -0.1) is 0 Å². The van der Waals surface area contributed by atoms with Gasteiger partial charge in [0.25, 0.3) is 15.9 Å². The maximum atomic E-state index is 13.0. The maximum absolute atomic E-state index is 13.0. The third kappa shape index (κ3) is 3.75. The molecule has 0 spiro atoms. The number of hydrogen-bond donors (Lipinski definition) is 0. The highest BCUT2D eigenvalue weighted by atomic mass is 32.2. The van der Waals surface area contributed by atoms with Crippen LogP contribution in [0.5, 0.6) is 0 Å². The largest absolute Gasteiger partial charge is 0.339 e. The molecule has 0 aliphatic carbocycles. The Labute approximate surface area is 155 Å². The molecular formula is C20H24N2O3S. The molecule has 3 rings (SSSR count). The molecule has 0 aromatic heterocycles. The first-order valence-electron chi connectivity index (χ1n) is 8.94. The van der Waals surface area contributed by atoms with Gasteiger partial charge in [0, 0.05) is 20.1 Å². The van der Waals surface area contributed by atoms with Crippen molar-refractivity contribution in [1.29, 1.82) is 0 Å². The van der Waals surface area contributed by atoms with Gasteiger partial charge < -0.3 is 4.90 Å². The molecule has 1 aliphatic heterocycles. The van der Waals surface area contributed by atoms with E-state index in [9.17, 15) is 13.2 Å². The molecule has 6 heteroatoms. The summed E-state index contributed by atoms with van der Waals surface area (Å²) in [5, 5.41) is 0. The molecule has 1 heterocycles. The van der Waals surface area contributed by atoms with Gasteiger partial charge in [-0.25, -0.2) is 8.42 Å². The number of rotatable bonds is 4. The van der Waals surface area contributed by atoms with Crippen molar-refractivity contribution in [2.75, 3.05) is 24.4 Å². The lowest BCUT2D eigenvalue weighted by molar-refractivity contribution is 0.0762. The zero-order chi connectivity index (χ0) is 18.6. The molecule has 0 radical (unpaired) electrons. The highest BCUT2D eigenvalue weighted by molar-refractivity contribution is 7.92. The lowest BCUT2D eigenvalue weighted by Gasteiger charge is -2.25. The maximum Gasteiger partial charge on any atom is 0.264 e. The summed E-state index contributed by atoms with van der Waals surface area (Å²) in [6.45, 7) is 1.45. The van der Waals surface area contributed by atoms with Crippen LogP contribution in [0.4, 0.5) is 5.69 Å². The van der Waals surface area contributed by atoms with Gasteiger partial charge in [0.2, 0.25) is 0 Å². The van der Waals surface area contributed by atoms with Crippen LogP contribution in [0.25, 0.3) is 0 Å². The first kappa shape index (κ1) is 18.5. The van der Waals surface area contributed by atoms with E-state index in [4.69, 9.17) is 0 Å². The molecule has 0 unspecified atom stereocenters. The zero-order valence-electron chi connectivity index (χ0n) is 15.0. The average Bonchev–Trinajstić information content (AvgIpc) is 2.97. The Kier molecular flexibility index (Phi) is 5.61. The van der Waals surface area contributed by atoms with Crippen molar-refractivity contribution >= 4 is 21.6 Å². The molecule has 5 nitrogen and oxygen atoms in total. The lowest BCUT2D eigenvalue weighted by atomic mass is 10.1. The van der Waals surface area contributed by atoms with Gasteiger partial charge in [-0.05, 0) is 37.1 Å². The number of sulfonamides is 1. The van der Waals surface area contributed by atoms with Crippen molar-refractivity contribution in [2.45, 2.75) is 30.6 Å². The van der Waals surface area contributed by atoms with Crippen molar-refractivity contribution < 1.29 is 13.2 Å². The fourth-order valence-corrected chi connectivity index (χ4v) is 4.49. The number of carbonyl (C=O) groups is 1. The summed E-state index contributed by atoms with van der Waals surface area (Å²) < 4.78 is 27.1. The predicted molar refractivity (Wildman–Crippen MR) is 103 cm³/mol. The molecule has 2 aromatic carbocycles. The zero-order valence-corrected chi connectivity index (χ0v) is 15.8. The summed E-state index contributed by atoms with van der Waals surface area (Å²) in [6.07, 6.45) is 4.25. The van der Waals surface area contributed by atoms with E-state index in [-0.39, 0.29) is 10.8 Å². The number of para-hydroxylation sites is 1. The van der Waals surface area contributed by atoms with Crippen LogP contribution in [-0.2, 0) is 10.0 Å². The second-order valence-electron chi connectivity index (χ2n) is 6.51. The monoisotopic (exact) mass is 372 g/mol. The van der Waals surface area contributed by atoms with E-state index >= 15 is 0 Å². The third-order valence-electron chi connectivity index (χ3n) is 4.77. The molecular weight excluding hydrogens is 348 g/mol. The Morgan fingerprint density at radius 3 is 2.12 bits per heavy atom. The van der Waals surface area contributed by atoms with E-state index in [0.29, 0.717) is 11.3 Å². The van der Waals surface area contributed by atoms with E-state index in [1.54, 1.807) is 54.6 Å². The van der Waals surface area contributed by atoms with Crippen LogP contribution in [0, 0.1) is 0 Å². The molecule has 1 aliphatic rings. The van der Waals surface area contributed by atoms with Gasteiger partial charge in [0.05, 0.1) is 16.1 Å². The highest BCUT2D eigenvalue weighted by Gasteiger charge is 2.27. The van der Waals surface area contributed by atoms with Gasteiger partial charge in [-0.3, -0.25) is 9.10 Å². The number of anilines is 1. The number of amides is 1. The van der Waals surface area contributed by atoms with Gasteiger partial charge in [-0.1, -0.05) is 43.2 Å². The Morgan fingerprint density at radius 2 is 1.46 bits per heavy atom. The molecule has 2 aromatic rings. The summed E-state index contributed by atoms with van der Waals surface area (Å²) in [5.74, 6) is -0.0994. The summed E-state index contributed by atoms with van der Waals surface area (Å²) in [5.41, 5.74) is 0.835. The van der Waals surface area contributed by atoms with Crippen molar-refractivity contribution in [3.63, 3.8) is 0 Å². The van der Waals surface area contributed by atoms with E-state index in [1.807, 2.05) is 4.90 Å². The molecule has 1 amide bonds. The number of likely N-dealkylation sites (tertiary alicyclic amines) is 1. The summed E-state index contributed by atoms with van der Waals surface area (Å²) in [7, 11) is -2.23. The molecule has 0 saturated carbocycles. The van der Waals surface area contributed by atoms with Crippen LogP contribution in [0.2, 0.25) is 0 Å². The standard InChI is InChI=1S/C20H24N2O3S/c1-21(26(24,25)17-11-5-4-6-12-17)19-14-8-7-13-18(19)20(23)22-15-9-2-3-10-16-22/h4-8,11-14H,2-3,9-10,15-16H2,1H3. The van der Waals surface area contributed by atoms with Gasteiger partial charge >= 0.3 is 0 Å². The fraction of sp³-hybridized carbons (Fsp3) is 0.350. The Hall–Kier alpha value is -2.34. The van der Waals surface area contributed by atoms with Crippen molar-refractivity contribution in [3.05, 3.63) is 60.2 Å². The molecule has 138 valence electrons. The topological polar surface area (TPSA) is 57.7 Å². The first-order chi connectivity index (χ1) is 12.5. The molecule has 1 saturated heterocycles. The summed E-state index contributed by atoms with van der Waals surface area (Å²) >= 11 is 0. The van der Waals surface area contributed by atoms with E-state index < -0.39 is 10.0 Å². The van der Waals surface area contributed by atoms with Crippen LogP contribution in [-0.4, -0.2) is 39.4 Å². The minimum atomic E-state index is -3.72. The minimum Gasteiger partial charge on any atom is -0.339 e. The SMILES string of the molecule is CN(c1ccccc1C(=O)N1CCCCCC1)S(=O)(=O)c1ccccc1. The van der Waals surface area contributed by atoms with Crippen LogP contribution in [0.3, 0.4) is 0 Å². The normalized spacial score (nSPS) is 15.3. The van der Waals surface area contributed by atoms with Crippen LogP contribution in [0.15, 0.2) is 59.5 Å².